The lowest BCUT2D eigenvalue weighted by Crippen LogP contribution is -2.14. The van der Waals surface area contributed by atoms with E-state index in [1.54, 1.807) is 50.2 Å². The summed E-state index contributed by atoms with van der Waals surface area (Å²) in [7, 11) is -7.21. The number of hydrogen-bond donors (Lipinski definition) is 1. The van der Waals surface area contributed by atoms with Crippen LogP contribution in [0.2, 0.25) is 5.02 Å². The second kappa shape index (κ2) is 8.33. The molecule has 0 amide bonds. The summed E-state index contributed by atoms with van der Waals surface area (Å²) in [6, 6.07) is 12.7. The number of nitrogens with zero attached hydrogens (tertiary/aromatic N) is 2. The Bertz CT molecular complexity index is 1290. The Morgan fingerprint density at radius 2 is 1.57 bits per heavy atom. The predicted molar refractivity (Wildman–Crippen MR) is 117 cm³/mol. The first-order valence-electron chi connectivity index (χ1n) is 9.00. The van der Waals surface area contributed by atoms with Gasteiger partial charge in [-0.3, -0.25) is 4.72 Å². The molecular weight excluding hydrogens is 446 g/mol. The SMILES string of the molecule is CCS(=O)(=O)c1ccc(-c2ccc(NS(=O)(=O)c3cc(C)c(Cl)cc3C)cc2)nn1. The Balaban J connectivity index is 1.83. The van der Waals surface area contributed by atoms with Gasteiger partial charge in [-0.25, -0.2) is 16.8 Å². The molecule has 0 bridgehead atoms. The molecule has 0 aliphatic carbocycles. The van der Waals surface area contributed by atoms with Gasteiger partial charge in [0.15, 0.2) is 14.9 Å². The molecule has 10 heteroatoms. The van der Waals surface area contributed by atoms with Gasteiger partial charge in [-0.05, 0) is 61.4 Å². The van der Waals surface area contributed by atoms with Gasteiger partial charge in [0, 0.05) is 16.3 Å². The van der Waals surface area contributed by atoms with Gasteiger partial charge in [0.25, 0.3) is 10.0 Å². The number of anilines is 1. The van der Waals surface area contributed by atoms with Crippen LogP contribution < -0.4 is 4.72 Å². The Morgan fingerprint density at radius 3 is 2.13 bits per heavy atom. The first kappa shape index (κ1) is 22.2. The Labute approximate surface area is 181 Å². The number of benzene rings is 2. The number of hydrogen-bond acceptors (Lipinski definition) is 6. The molecule has 2 aromatic carbocycles. The number of halogens is 1. The van der Waals surface area contributed by atoms with Gasteiger partial charge >= 0.3 is 0 Å². The average molecular weight is 466 g/mol. The van der Waals surface area contributed by atoms with Crippen LogP contribution >= 0.6 is 11.6 Å². The summed E-state index contributed by atoms with van der Waals surface area (Å²) in [5.74, 6) is -0.0531. The third kappa shape index (κ3) is 4.63. The molecule has 30 heavy (non-hydrogen) atoms. The van der Waals surface area contributed by atoms with E-state index in [2.05, 4.69) is 14.9 Å². The lowest BCUT2D eigenvalue weighted by atomic mass is 10.1. The minimum Gasteiger partial charge on any atom is -0.280 e. The van der Waals surface area contributed by atoms with E-state index in [0.717, 1.165) is 0 Å². The van der Waals surface area contributed by atoms with Gasteiger partial charge in [0.1, 0.15) is 0 Å². The second-order valence-electron chi connectivity index (χ2n) is 6.71. The molecule has 0 saturated carbocycles. The van der Waals surface area contributed by atoms with Crippen molar-refractivity contribution in [2.24, 2.45) is 0 Å². The maximum absolute atomic E-state index is 12.8. The molecule has 0 spiro atoms. The molecule has 1 heterocycles. The van der Waals surface area contributed by atoms with Crippen molar-refractivity contribution < 1.29 is 16.8 Å². The summed E-state index contributed by atoms with van der Waals surface area (Å²) in [5, 5.41) is 8.18. The molecule has 0 atom stereocenters. The number of aromatic nitrogens is 2. The van der Waals surface area contributed by atoms with Crippen LogP contribution in [0.25, 0.3) is 11.3 Å². The van der Waals surface area contributed by atoms with E-state index in [1.807, 2.05) is 0 Å². The van der Waals surface area contributed by atoms with Crippen LogP contribution in [0.15, 0.2) is 58.5 Å². The lowest BCUT2D eigenvalue weighted by molar-refractivity contribution is 0.591. The van der Waals surface area contributed by atoms with Gasteiger partial charge in [-0.15, -0.1) is 10.2 Å². The van der Waals surface area contributed by atoms with E-state index >= 15 is 0 Å². The van der Waals surface area contributed by atoms with Gasteiger partial charge in [-0.1, -0.05) is 30.7 Å². The van der Waals surface area contributed by atoms with E-state index in [0.29, 0.717) is 33.1 Å². The molecule has 0 unspecified atom stereocenters. The van der Waals surface area contributed by atoms with Crippen LogP contribution in [-0.2, 0) is 19.9 Å². The summed E-state index contributed by atoms with van der Waals surface area (Å²) in [4.78, 5) is 0.159. The molecule has 158 valence electrons. The average Bonchev–Trinajstić information content (AvgIpc) is 2.71. The van der Waals surface area contributed by atoms with Crippen LogP contribution in [0.3, 0.4) is 0 Å². The zero-order valence-electron chi connectivity index (χ0n) is 16.5. The molecule has 1 aromatic heterocycles. The van der Waals surface area contributed by atoms with Crippen molar-refractivity contribution in [3.8, 4) is 11.3 Å². The summed E-state index contributed by atoms with van der Waals surface area (Å²) in [6.45, 7) is 4.97. The van der Waals surface area contributed by atoms with E-state index in [4.69, 9.17) is 11.6 Å². The van der Waals surface area contributed by atoms with Crippen LogP contribution in [0.4, 0.5) is 5.69 Å². The Kier molecular flexibility index (Phi) is 6.16. The summed E-state index contributed by atoms with van der Waals surface area (Å²) in [6.07, 6.45) is 0. The van der Waals surface area contributed by atoms with Crippen molar-refractivity contribution in [1.29, 1.82) is 0 Å². The quantitative estimate of drug-likeness (QED) is 0.589. The number of nitrogens with one attached hydrogen (secondary N) is 1. The maximum Gasteiger partial charge on any atom is 0.262 e. The largest absolute Gasteiger partial charge is 0.280 e. The maximum atomic E-state index is 12.8. The van der Waals surface area contributed by atoms with E-state index in [1.165, 1.54) is 19.1 Å². The van der Waals surface area contributed by atoms with Gasteiger partial charge < -0.3 is 0 Å². The van der Waals surface area contributed by atoms with Gasteiger partial charge in [-0.2, -0.15) is 0 Å². The van der Waals surface area contributed by atoms with Crippen molar-refractivity contribution in [2.45, 2.75) is 30.7 Å². The number of sulfone groups is 1. The van der Waals surface area contributed by atoms with Crippen LogP contribution in [0.5, 0.6) is 0 Å². The van der Waals surface area contributed by atoms with Crippen LogP contribution in [0, 0.1) is 13.8 Å². The fourth-order valence-electron chi connectivity index (χ4n) is 2.75. The second-order valence-corrected chi connectivity index (χ2v) is 11.0. The summed E-state index contributed by atoms with van der Waals surface area (Å²) < 4.78 is 51.7. The van der Waals surface area contributed by atoms with Crippen LogP contribution in [-0.4, -0.2) is 32.8 Å². The standard InChI is InChI=1S/C20H20ClN3O4S2/c1-4-29(25,26)20-10-9-18(22-23-20)15-5-7-16(8-6-15)24-30(27,28)19-12-13(2)17(21)11-14(19)3/h5-12,24H,4H2,1-3H3. The van der Waals surface area contributed by atoms with Crippen molar-refractivity contribution in [1.82, 2.24) is 10.2 Å². The fourth-order valence-corrected chi connectivity index (χ4v) is 5.08. The first-order valence-corrected chi connectivity index (χ1v) is 12.5. The van der Waals surface area contributed by atoms with E-state index in [-0.39, 0.29) is 15.7 Å². The van der Waals surface area contributed by atoms with E-state index < -0.39 is 19.9 Å². The summed E-state index contributed by atoms with van der Waals surface area (Å²) in [5.41, 5.74) is 2.74. The minimum atomic E-state index is -3.79. The predicted octanol–water partition coefficient (Wildman–Crippen LogP) is 4.01. The van der Waals surface area contributed by atoms with Crippen molar-refractivity contribution in [3.63, 3.8) is 0 Å². The third-order valence-electron chi connectivity index (χ3n) is 4.52. The molecule has 0 saturated heterocycles. The molecular formula is C20H20ClN3O4S2. The Morgan fingerprint density at radius 1 is 0.900 bits per heavy atom. The van der Waals surface area contributed by atoms with Gasteiger partial charge in [0.2, 0.25) is 0 Å². The van der Waals surface area contributed by atoms with Crippen molar-refractivity contribution >= 4 is 37.1 Å². The van der Waals surface area contributed by atoms with Crippen molar-refractivity contribution in [3.05, 3.63) is 64.7 Å². The van der Waals surface area contributed by atoms with E-state index in [9.17, 15) is 16.8 Å². The zero-order chi connectivity index (χ0) is 22.1. The van der Waals surface area contributed by atoms with Crippen molar-refractivity contribution in [2.75, 3.05) is 10.5 Å². The molecule has 7 nitrogen and oxygen atoms in total. The Hall–Kier alpha value is -2.49. The highest BCUT2D eigenvalue weighted by Gasteiger charge is 2.19. The molecule has 0 aliphatic heterocycles. The molecule has 0 fully saturated rings. The van der Waals surface area contributed by atoms with Gasteiger partial charge in [0.05, 0.1) is 16.3 Å². The third-order valence-corrected chi connectivity index (χ3v) is 8.06. The first-order chi connectivity index (χ1) is 14.0. The molecule has 0 radical (unpaired) electrons. The highest BCUT2D eigenvalue weighted by Crippen LogP contribution is 2.26. The minimum absolute atomic E-state index is 0.0531. The normalized spacial score (nSPS) is 12.0. The topological polar surface area (TPSA) is 106 Å². The number of aryl methyl sites for hydroxylation is 2. The number of sulfonamides is 1. The molecule has 1 N–H and O–H groups in total. The lowest BCUT2D eigenvalue weighted by Gasteiger charge is -2.12. The fraction of sp³-hybridized carbons (Fsp3) is 0.200. The molecule has 3 aromatic rings. The monoisotopic (exact) mass is 465 g/mol. The highest BCUT2D eigenvalue weighted by molar-refractivity contribution is 7.92. The summed E-state index contributed by atoms with van der Waals surface area (Å²) >= 11 is 6.06. The smallest absolute Gasteiger partial charge is 0.262 e. The molecule has 0 aliphatic rings. The number of rotatable bonds is 6. The van der Waals surface area contributed by atoms with Crippen LogP contribution in [0.1, 0.15) is 18.1 Å². The highest BCUT2D eigenvalue weighted by atomic mass is 35.5. The zero-order valence-corrected chi connectivity index (χ0v) is 18.9. The molecule has 3 rings (SSSR count).